The zero-order valence-electron chi connectivity index (χ0n) is 25.0. The van der Waals surface area contributed by atoms with Crippen molar-refractivity contribution < 1.29 is 72.8 Å². The fraction of sp³-hybridized carbons (Fsp3) is 0.312. The first-order chi connectivity index (χ1) is 22.9. The van der Waals surface area contributed by atoms with Crippen molar-refractivity contribution in [3.8, 4) is 28.7 Å². The molecule has 5 atom stereocenters. The third-order valence-electron chi connectivity index (χ3n) is 8.57. The number of rotatable bonds is 5. The molecule has 0 fully saturated rings. The van der Waals surface area contributed by atoms with E-state index in [4.69, 9.17) is 28.1 Å². The number of Topliss-reactive ketones (excluding diaryl/α,β-unsaturated/α-hetero) is 1. The minimum Gasteiger partial charge on any atom is -0.507 e. The van der Waals surface area contributed by atoms with Gasteiger partial charge in [0.2, 0.25) is 11.5 Å². The van der Waals surface area contributed by atoms with Crippen LogP contribution in [0, 0.1) is 0 Å². The Morgan fingerprint density at radius 3 is 2.46 bits per heavy atom. The van der Waals surface area contributed by atoms with E-state index < -0.39 is 94.3 Å². The Labute approximate surface area is 268 Å². The molecule has 16 heteroatoms. The van der Waals surface area contributed by atoms with Gasteiger partial charge in [0.05, 0.1) is 50.9 Å². The number of ether oxygens (including phenoxy) is 6. The van der Waals surface area contributed by atoms with Gasteiger partial charge in [-0.2, -0.15) is 0 Å². The minimum atomic E-state index is -1.89. The van der Waals surface area contributed by atoms with Gasteiger partial charge in [-0.3, -0.25) is 9.59 Å². The smallest absolute Gasteiger partial charge is 0.374 e. The zero-order chi connectivity index (χ0) is 34.2. The first-order valence-electron chi connectivity index (χ1n) is 14.4. The van der Waals surface area contributed by atoms with Crippen LogP contribution >= 0.6 is 0 Å². The molecule has 0 amide bonds. The van der Waals surface area contributed by atoms with E-state index in [0.717, 1.165) is 20.3 Å². The lowest BCUT2D eigenvalue weighted by molar-refractivity contribution is -0.224. The van der Waals surface area contributed by atoms with Gasteiger partial charge in [-0.05, 0) is 23.6 Å². The second-order valence-electron chi connectivity index (χ2n) is 11.4. The lowest BCUT2D eigenvalue weighted by Crippen LogP contribution is -2.47. The molecule has 7 rings (SSSR count). The van der Waals surface area contributed by atoms with Crippen molar-refractivity contribution in [2.24, 2.45) is 0 Å². The summed E-state index contributed by atoms with van der Waals surface area (Å²) in [4.78, 5) is 51.1. The summed E-state index contributed by atoms with van der Waals surface area (Å²) < 4.78 is 38.9. The van der Waals surface area contributed by atoms with Gasteiger partial charge in [0.1, 0.15) is 23.3 Å². The number of phenols is 3. The highest BCUT2D eigenvalue weighted by Crippen LogP contribution is 2.57. The van der Waals surface area contributed by atoms with Gasteiger partial charge in [-0.25, -0.2) is 9.59 Å². The molecule has 5 N–H and O–H groups in total. The number of methoxy groups -OCH3 is 2. The Balaban J connectivity index is 1.36. The molecular formula is C32H26O16. The molecule has 0 bridgehead atoms. The number of aliphatic hydroxyl groups excluding tert-OH is 2. The highest BCUT2D eigenvalue weighted by molar-refractivity contribution is 6.26. The second-order valence-corrected chi connectivity index (χ2v) is 11.4. The van der Waals surface area contributed by atoms with E-state index in [0.29, 0.717) is 0 Å². The highest BCUT2D eigenvalue weighted by atomic mass is 16.7. The Morgan fingerprint density at radius 1 is 1.00 bits per heavy atom. The number of benzene rings is 2. The lowest BCUT2D eigenvalue weighted by Gasteiger charge is -2.40. The fourth-order valence-electron chi connectivity index (χ4n) is 6.33. The standard InChI is InChI=1S/C32H26O16/c1-42-16-7-15(35)22-23(25(16)37)27(39)29-13(24(22)36)8-32(48-29)9-18(44-20-4-3-14(34)19(10-33)45-20)12-5-11-6-17(30(40)43-2)46-31(41)21(11)26(38)28(12)47-32/h3-7,14,18-20,33-34,36,38-39H,8-10H2,1-2H3. The van der Waals surface area contributed by atoms with Gasteiger partial charge < -0.3 is 58.4 Å². The highest BCUT2D eigenvalue weighted by Gasteiger charge is 2.53. The Kier molecular flexibility index (Phi) is 7.21. The van der Waals surface area contributed by atoms with Gasteiger partial charge in [0, 0.05) is 17.2 Å². The van der Waals surface area contributed by atoms with Crippen LogP contribution in [0.4, 0.5) is 0 Å². The molecule has 0 radical (unpaired) electrons. The fourth-order valence-corrected chi connectivity index (χ4v) is 6.33. The van der Waals surface area contributed by atoms with E-state index in [9.17, 15) is 44.7 Å². The van der Waals surface area contributed by atoms with Crippen molar-refractivity contribution in [2.45, 2.75) is 43.2 Å². The summed E-state index contributed by atoms with van der Waals surface area (Å²) in [5, 5.41) is 53.4. The summed E-state index contributed by atoms with van der Waals surface area (Å²) in [5.41, 5.74) is -2.07. The van der Waals surface area contributed by atoms with Crippen LogP contribution in [0.5, 0.6) is 28.7 Å². The summed E-state index contributed by atoms with van der Waals surface area (Å²) in [6, 6.07) is 2.58. The van der Waals surface area contributed by atoms with E-state index in [2.05, 4.69) is 4.74 Å². The molecular weight excluding hydrogens is 640 g/mol. The van der Waals surface area contributed by atoms with Gasteiger partial charge in [0.25, 0.3) is 5.79 Å². The van der Waals surface area contributed by atoms with Crippen molar-refractivity contribution in [2.75, 3.05) is 20.8 Å². The van der Waals surface area contributed by atoms with E-state index in [1.54, 1.807) is 0 Å². The maximum Gasteiger partial charge on any atom is 0.374 e. The number of allylic oxidation sites excluding steroid dienone is 2. The predicted octanol–water partition coefficient (Wildman–Crippen LogP) is 1.41. The van der Waals surface area contributed by atoms with Crippen LogP contribution in [0.3, 0.4) is 0 Å². The van der Waals surface area contributed by atoms with E-state index in [1.807, 2.05) is 0 Å². The average molecular weight is 667 g/mol. The molecule has 2 aromatic carbocycles. The van der Waals surface area contributed by atoms with Crippen LogP contribution in [0.1, 0.15) is 54.9 Å². The number of esters is 1. The molecule has 5 unspecified atom stereocenters. The molecule has 1 spiro atoms. The molecule has 1 aliphatic carbocycles. The van der Waals surface area contributed by atoms with Crippen LogP contribution in [0.25, 0.3) is 10.8 Å². The molecule has 3 aromatic rings. The molecule has 0 saturated carbocycles. The quantitative estimate of drug-likeness (QED) is 0.147. The summed E-state index contributed by atoms with van der Waals surface area (Å²) >= 11 is 0. The molecule has 1 aromatic heterocycles. The normalized spacial score (nSPS) is 25.5. The van der Waals surface area contributed by atoms with Crippen molar-refractivity contribution in [1.29, 1.82) is 0 Å². The number of carbonyl (C=O) groups is 3. The summed E-state index contributed by atoms with van der Waals surface area (Å²) in [6.45, 7) is -0.546. The lowest BCUT2D eigenvalue weighted by atomic mass is 9.87. The number of carbonyl (C=O) groups excluding carboxylic acids is 3. The van der Waals surface area contributed by atoms with Crippen LogP contribution in [0.15, 0.2) is 45.3 Å². The number of aliphatic hydroxyl groups is 2. The van der Waals surface area contributed by atoms with Crippen LogP contribution < -0.4 is 15.1 Å². The largest absolute Gasteiger partial charge is 0.507 e. The van der Waals surface area contributed by atoms with Crippen molar-refractivity contribution in [3.63, 3.8) is 0 Å². The first-order valence-corrected chi connectivity index (χ1v) is 14.4. The Morgan fingerprint density at radius 2 is 1.75 bits per heavy atom. The van der Waals surface area contributed by atoms with Crippen molar-refractivity contribution in [1.82, 2.24) is 0 Å². The van der Waals surface area contributed by atoms with E-state index in [1.165, 1.54) is 24.3 Å². The molecule has 16 nitrogen and oxygen atoms in total. The van der Waals surface area contributed by atoms with E-state index >= 15 is 0 Å². The Hall–Kier alpha value is -5.42. The molecule has 4 aliphatic rings. The minimum absolute atomic E-state index is 0.0527. The summed E-state index contributed by atoms with van der Waals surface area (Å²) in [5.74, 6) is -8.21. The number of ketones is 2. The summed E-state index contributed by atoms with van der Waals surface area (Å²) in [7, 11) is 2.25. The SMILES string of the molecule is COC(=O)c1cc2cc3c(c(O)c2c(=O)o1)OC1(Cc2c(O)c4c(c(O)c2O1)C(=O)C(OC)=CC4=O)CC3OC1C=CC(O)C(CO)O1. The third-order valence-corrected chi connectivity index (χ3v) is 8.57. The number of phenolic OH excluding ortho intramolecular Hbond substituents is 3. The molecule has 4 heterocycles. The number of fused-ring (bicyclic) bond motifs is 4. The van der Waals surface area contributed by atoms with Gasteiger partial charge >= 0.3 is 11.6 Å². The third kappa shape index (κ3) is 4.60. The molecule has 48 heavy (non-hydrogen) atoms. The number of hydrogen-bond acceptors (Lipinski definition) is 16. The van der Waals surface area contributed by atoms with Gasteiger partial charge in [-0.1, -0.05) is 6.08 Å². The average Bonchev–Trinajstić information content (AvgIpc) is 3.44. The van der Waals surface area contributed by atoms with Crippen molar-refractivity contribution in [3.05, 3.63) is 74.6 Å². The molecule has 3 aliphatic heterocycles. The van der Waals surface area contributed by atoms with E-state index in [-0.39, 0.29) is 52.0 Å². The zero-order valence-corrected chi connectivity index (χ0v) is 25.0. The van der Waals surface area contributed by atoms with Gasteiger partial charge in [-0.15, -0.1) is 0 Å². The molecule has 0 saturated heterocycles. The predicted molar refractivity (Wildman–Crippen MR) is 156 cm³/mol. The molecule has 250 valence electrons. The van der Waals surface area contributed by atoms with Crippen molar-refractivity contribution >= 4 is 28.3 Å². The summed E-state index contributed by atoms with van der Waals surface area (Å²) in [6.07, 6.45) is -1.47. The van der Waals surface area contributed by atoms with Crippen LogP contribution in [-0.2, 0) is 25.4 Å². The topological polar surface area (TPSA) is 238 Å². The second kappa shape index (κ2) is 11.1. The first kappa shape index (κ1) is 31.2. The monoisotopic (exact) mass is 666 g/mol. The maximum atomic E-state index is 13.1. The van der Waals surface area contributed by atoms with Crippen LogP contribution in [-0.4, -0.2) is 88.2 Å². The van der Waals surface area contributed by atoms with Gasteiger partial charge in [0.15, 0.2) is 40.8 Å². The Bertz CT molecular complexity index is 2060. The van der Waals surface area contributed by atoms with Crippen LogP contribution in [0.2, 0.25) is 0 Å². The maximum absolute atomic E-state index is 13.1. The number of aromatic hydroxyl groups is 3. The number of hydrogen-bond donors (Lipinski definition) is 5.